The van der Waals surface area contributed by atoms with Crippen molar-refractivity contribution in [1.29, 1.82) is 0 Å². The molecular formula is C27H30N6O3S. The third-order valence-corrected chi connectivity index (χ3v) is 8.28. The fourth-order valence-corrected chi connectivity index (χ4v) is 5.17. The lowest BCUT2D eigenvalue weighted by Crippen LogP contribution is -2.28. The summed E-state index contributed by atoms with van der Waals surface area (Å²) in [6.07, 6.45) is 3.49. The summed E-state index contributed by atoms with van der Waals surface area (Å²) in [6, 6.07) is 15.9. The van der Waals surface area contributed by atoms with E-state index in [0.717, 1.165) is 54.2 Å². The van der Waals surface area contributed by atoms with Crippen LogP contribution in [-0.4, -0.2) is 49.2 Å². The van der Waals surface area contributed by atoms with Crippen molar-refractivity contribution in [3.8, 4) is 34.3 Å². The van der Waals surface area contributed by atoms with E-state index >= 15 is 0 Å². The highest BCUT2D eigenvalue weighted by molar-refractivity contribution is 7.92. The van der Waals surface area contributed by atoms with Gasteiger partial charge in [0.25, 0.3) is 5.89 Å². The van der Waals surface area contributed by atoms with Gasteiger partial charge in [0.05, 0.1) is 18.5 Å². The molecule has 192 valence electrons. The molecule has 0 amide bonds. The molecule has 2 aromatic heterocycles. The van der Waals surface area contributed by atoms with Crippen LogP contribution in [0.3, 0.4) is 0 Å². The van der Waals surface area contributed by atoms with Crippen molar-refractivity contribution >= 4 is 17.0 Å². The van der Waals surface area contributed by atoms with Gasteiger partial charge in [-0.05, 0) is 72.9 Å². The minimum absolute atomic E-state index is 0.0976. The van der Waals surface area contributed by atoms with Crippen LogP contribution < -0.4 is 11.1 Å². The molecule has 0 aliphatic carbocycles. The quantitative estimate of drug-likeness (QED) is 0.312. The molecule has 3 N–H and O–H groups in total. The lowest BCUT2D eigenvalue weighted by atomic mass is 10.1. The third kappa shape index (κ3) is 5.83. The number of nitrogen functional groups attached to an aromatic ring is 1. The van der Waals surface area contributed by atoms with Gasteiger partial charge in [-0.2, -0.15) is 0 Å². The van der Waals surface area contributed by atoms with Gasteiger partial charge in [0.1, 0.15) is 5.25 Å². The maximum absolute atomic E-state index is 12.6. The highest BCUT2D eigenvalue weighted by Gasteiger charge is 2.20. The van der Waals surface area contributed by atoms with E-state index in [1.165, 1.54) is 0 Å². The van der Waals surface area contributed by atoms with Crippen molar-refractivity contribution in [2.24, 2.45) is 0 Å². The van der Waals surface area contributed by atoms with Gasteiger partial charge < -0.3 is 24.8 Å². The Bertz CT molecular complexity index is 1320. The molecule has 10 heteroatoms. The Hall–Kier alpha value is -3.31. The van der Waals surface area contributed by atoms with Crippen molar-refractivity contribution < 1.29 is 13.7 Å². The molecule has 0 radical (unpaired) electrons. The van der Waals surface area contributed by atoms with Gasteiger partial charge in [0.2, 0.25) is 5.89 Å². The largest absolute Gasteiger partial charge is 0.611 e. The zero-order chi connectivity index (χ0) is 25.8. The summed E-state index contributed by atoms with van der Waals surface area (Å²) < 4.78 is 23.9. The minimum atomic E-state index is -1.05. The minimum Gasteiger partial charge on any atom is -0.611 e. The molecule has 1 fully saturated rings. The van der Waals surface area contributed by atoms with E-state index in [1.807, 2.05) is 62.4 Å². The molecule has 0 spiro atoms. The van der Waals surface area contributed by atoms with E-state index in [4.69, 9.17) is 14.9 Å². The zero-order valence-electron chi connectivity index (χ0n) is 20.9. The van der Waals surface area contributed by atoms with Crippen LogP contribution in [0.1, 0.15) is 32.3 Å². The van der Waals surface area contributed by atoms with Crippen LogP contribution in [0.4, 0.5) is 5.82 Å². The Labute approximate surface area is 219 Å². The van der Waals surface area contributed by atoms with Crippen molar-refractivity contribution in [1.82, 2.24) is 25.5 Å². The summed E-state index contributed by atoms with van der Waals surface area (Å²) in [4.78, 5) is 9.72. The molecule has 3 heterocycles. The maximum Gasteiger partial charge on any atom is 0.270 e. The first-order valence-electron chi connectivity index (χ1n) is 12.4. The van der Waals surface area contributed by atoms with Crippen molar-refractivity contribution in [3.63, 3.8) is 0 Å². The fourth-order valence-electron chi connectivity index (χ4n) is 4.00. The van der Waals surface area contributed by atoms with Gasteiger partial charge in [-0.25, -0.2) is 9.97 Å². The summed E-state index contributed by atoms with van der Waals surface area (Å²) in [6.45, 7) is 6.38. The summed E-state index contributed by atoms with van der Waals surface area (Å²) in [7, 11) is 0. The average Bonchev–Trinajstić information content (AvgIpc) is 3.65. The molecule has 9 nitrogen and oxygen atoms in total. The molecule has 2 aromatic carbocycles. The van der Waals surface area contributed by atoms with Crippen molar-refractivity contribution in [2.75, 3.05) is 18.9 Å². The van der Waals surface area contributed by atoms with E-state index in [0.29, 0.717) is 23.3 Å². The Morgan fingerprint density at radius 2 is 1.81 bits per heavy atom. The molecule has 37 heavy (non-hydrogen) atoms. The molecule has 3 atom stereocenters. The normalized spacial score (nSPS) is 17.1. The average molecular weight is 519 g/mol. The summed E-state index contributed by atoms with van der Waals surface area (Å²) in [5.74, 6) is 0.774. The second kappa shape index (κ2) is 11.4. The first-order valence-corrected chi connectivity index (χ1v) is 13.6. The van der Waals surface area contributed by atoms with E-state index in [2.05, 4.69) is 25.5 Å². The Morgan fingerprint density at radius 3 is 2.51 bits per heavy atom. The zero-order valence-corrected chi connectivity index (χ0v) is 21.7. The van der Waals surface area contributed by atoms with E-state index < -0.39 is 11.2 Å². The summed E-state index contributed by atoms with van der Waals surface area (Å²) in [5.41, 5.74) is 9.83. The number of hydrogen-bond acceptors (Lipinski definition) is 9. The van der Waals surface area contributed by atoms with Crippen molar-refractivity contribution in [2.45, 2.75) is 49.4 Å². The van der Waals surface area contributed by atoms with Crippen LogP contribution in [0.25, 0.3) is 34.3 Å². The second-order valence-electron chi connectivity index (χ2n) is 9.08. The molecule has 1 aliphatic rings. The van der Waals surface area contributed by atoms with Crippen LogP contribution in [0, 0.1) is 0 Å². The maximum atomic E-state index is 12.6. The monoisotopic (exact) mass is 518 g/mol. The molecule has 0 bridgehead atoms. The molecule has 0 saturated carbocycles. The van der Waals surface area contributed by atoms with Gasteiger partial charge in [0, 0.05) is 30.3 Å². The number of rotatable bonds is 9. The number of anilines is 1. The van der Waals surface area contributed by atoms with Crippen LogP contribution in [0.5, 0.6) is 0 Å². The number of benzene rings is 2. The van der Waals surface area contributed by atoms with E-state index in [9.17, 15) is 4.55 Å². The molecule has 1 saturated heterocycles. The Morgan fingerprint density at radius 1 is 1.08 bits per heavy atom. The standard InChI is InChI=1S/C27H30N6O3S/c1-3-17(2)37(34)22-10-8-19(9-11-22)23-15-30-25(28)24(31-23)27-33-32-26(36-27)20-6-4-18(5-7-20)14-29-21-12-13-35-16-21/h4-11,15,17,21,29H,3,12-14,16H2,1-2H3,(H2,28,30). The lowest BCUT2D eigenvalue weighted by molar-refractivity contribution is 0.190. The number of nitrogens with two attached hydrogens (primary N) is 1. The highest BCUT2D eigenvalue weighted by Crippen LogP contribution is 2.29. The third-order valence-electron chi connectivity index (χ3n) is 6.48. The fraction of sp³-hybridized carbons (Fsp3) is 0.333. The van der Waals surface area contributed by atoms with Gasteiger partial charge in [-0.3, -0.25) is 0 Å². The van der Waals surface area contributed by atoms with E-state index in [-0.39, 0.29) is 17.0 Å². The van der Waals surface area contributed by atoms with Crippen molar-refractivity contribution in [3.05, 3.63) is 60.3 Å². The molecular weight excluding hydrogens is 488 g/mol. The van der Waals surface area contributed by atoms with E-state index in [1.54, 1.807) is 6.20 Å². The Kier molecular flexibility index (Phi) is 7.80. The predicted octanol–water partition coefficient (Wildman–Crippen LogP) is 4.23. The highest BCUT2D eigenvalue weighted by atomic mass is 32.2. The first-order chi connectivity index (χ1) is 18.0. The number of ether oxygens (including phenoxy) is 1. The van der Waals surface area contributed by atoms with Crippen LogP contribution in [-0.2, 0) is 22.5 Å². The number of hydrogen-bond donors (Lipinski definition) is 2. The topological polar surface area (TPSA) is 135 Å². The van der Waals surface area contributed by atoms with Gasteiger partial charge in [0.15, 0.2) is 16.4 Å². The van der Waals surface area contributed by atoms with Gasteiger partial charge >= 0.3 is 0 Å². The first kappa shape index (κ1) is 25.3. The molecule has 1 aliphatic heterocycles. The molecule has 4 aromatic rings. The summed E-state index contributed by atoms with van der Waals surface area (Å²) >= 11 is -1.05. The molecule has 3 unspecified atom stereocenters. The van der Waals surface area contributed by atoms with Gasteiger partial charge in [-0.1, -0.05) is 19.1 Å². The number of nitrogens with one attached hydrogen (secondary N) is 1. The molecule has 5 rings (SSSR count). The van der Waals surface area contributed by atoms with Gasteiger partial charge in [-0.15, -0.1) is 10.2 Å². The predicted molar refractivity (Wildman–Crippen MR) is 143 cm³/mol. The SMILES string of the molecule is CCC(C)[S+]([O-])c1ccc(-c2cnc(N)c(-c3nnc(-c4ccc(CNC5CCOC5)cc4)o3)n2)cc1. The number of aromatic nitrogens is 4. The smallest absolute Gasteiger partial charge is 0.270 e. The Balaban J connectivity index is 1.31. The van der Waals surface area contributed by atoms with Crippen LogP contribution >= 0.6 is 0 Å². The van der Waals surface area contributed by atoms with Crippen LogP contribution in [0.15, 0.2) is 64.0 Å². The summed E-state index contributed by atoms with van der Waals surface area (Å²) in [5, 5.41) is 12.0. The number of nitrogens with zero attached hydrogens (tertiary/aromatic N) is 4. The van der Waals surface area contributed by atoms with Crippen LogP contribution in [0.2, 0.25) is 0 Å². The second-order valence-corrected chi connectivity index (χ2v) is 11.0. The lowest BCUT2D eigenvalue weighted by Gasteiger charge is -2.16.